The summed E-state index contributed by atoms with van der Waals surface area (Å²) in [6.45, 7) is 4.60. The van der Waals surface area contributed by atoms with Gasteiger partial charge in [-0.2, -0.15) is 0 Å². The minimum absolute atomic E-state index is 0. The molecule has 3 N–H and O–H groups in total. The zero-order valence-electron chi connectivity index (χ0n) is 9.96. The molecule has 0 atom stereocenters. The van der Waals surface area contributed by atoms with Crippen LogP contribution < -0.4 is 11.1 Å². The molecule has 0 aromatic heterocycles. The van der Waals surface area contributed by atoms with Crippen molar-refractivity contribution in [1.82, 2.24) is 5.32 Å². The van der Waals surface area contributed by atoms with Gasteiger partial charge in [0.05, 0.1) is 5.41 Å². The third-order valence-corrected chi connectivity index (χ3v) is 3.14. The van der Waals surface area contributed by atoms with Gasteiger partial charge in [-0.15, -0.1) is 12.4 Å². The highest BCUT2D eigenvalue weighted by Gasteiger charge is 2.38. The van der Waals surface area contributed by atoms with Crippen molar-refractivity contribution in [1.29, 1.82) is 0 Å². The highest BCUT2D eigenvalue weighted by molar-refractivity contribution is 5.85. The molecule has 0 radical (unpaired) electrons. The van der Waals surface area contributed by atoms with Gasteiger partial charge in [0.2, 0.25) is 5.91 Å². The molecular formula is C11H23ClN2O2. The Bertz CT molecular complexity index is 206. The number of rotatable bonds is 5. The van der Waals surface area contributed by atoms with Gasteiger partial charge in [0, 0.05) is 26.3 Å². The summed E-state index contributed by atoms with van der Waals surface area (Å²) in [5.41, 5.74) is 5.36. The van der Waals surface area contributed by atoms with Crippen LogP contribution in [0.15, 0.2) is 0 Å². The van der Waals surface area contributed by atoms with E-state index in [4.69, 9.17) is 10.5 Å². The van der Waals surface area contributed by atoms with Gasteiger partial charge in [-0.05, 0) is 19.3 Å². The summed E-state index contributed by atoms with van der Waals surface area (Å²) in [4.78, 5) is 12.0. The molecule has 0 aromatic rings. The monoisotopic (exact) mass is 250 g/mol. The molecular weight excluding hydrogens is 228 g/mol. The highest BCUT2D eigenvalue weighted by Crippen LogP contribution is 2.29. The minimum atomic E-state index is -0.369. The van der Waals surface area contributed by atoms with E-state index in [2.05, 4.69) is 12.2 Å². The maximum Gasteiger partial charge on any atom is 0.227 e. The predicted octanol–water partition coefficient (Wildman–Crippen LogP) is 1.08. The summed E-state index contributed by atoms with van der Waals surface area (Å²) in [5.74, 6) is 0.113. The van der Waals surface area contributed by atoms with Crippen molar-refractivity contribution in [2.75, 3.05) is 26.3 Å². The Hall–Kier alpha value is -0.320. The third-order valence-electron chi connectivity index (χ3n) is 3.14. The Balaban J connectivity index is 0.00000225. The molecule has 96 valence electrons. The second-order valence-electron chi connectivity index (χ2n) is 4.21. The van der Waals surface area contributed by atoms with Gasteiger partial charge < -0.3 is 15.8 Å². The van der Waals surface area contributed by atoms with E-state index in [0.717, 1.165) is 32.2 Å². The third kappa shape index (κ3) is 3.92. The lowest BCUT2D eigenvalue weighted by molar-refractivity contribution is -0.135. The Morgan fingerprint density at radius 1 is 1.44 bits per heavy atom. The van der Waals surface area contributed by atoms with E-state index in [9.17, 15) is 4.79 Å². The molecule has 4 nitrogen and oxygen atoms in total. The molecule has 0 spiro atoms. The SMILES string of the molecule is CCCCNC(=O)C1(CN)CCOCC1.Cl. The van der Waals surface area contributed by atoms with Crippen LogP contribution >= 0.6 is 12.4 Å². The summed E-state index contributed by atoms with van der Waals surface area (Å²) in [5, 5.41) is 2.97. The molecule has 1 saturated heterocycles. The van der Waals surface area contributed by atoms with Crippen LogP contribution in [0.2, 0.25) is 0 Å². The number of hydrogen-bond donors (Lipinski definition) is 2. The van der Waals surface area contributed by atoms with Crippen molar-refractivity contribution in [3.05, 3.63) is 0 Å². The quantitative estimate of drug-likeness (QED) is 0.718. The Morgan fingerprint density at radius 2 is 2.06 bits per heavy atom. The number of carbonyl (C=O) groups excluding carboxylic acids is 1. The van der Waals surface area contributed by atoms with E-state index in [1.54, 1.807) is 0 Å². The van der Waals surface area contributed by atoms with E-state index in [1.165, 1.54) is 0 Å². The lowest BCUT2D eigenvalue weighted by Gasteiger charge is -2.34. The topological polar surface area (TPSA) is 64.4 Å². The Kier molecular flexibility index (Phi) is 7.72. The number of nitrogens with two attached hydrogens (primary N) is 1. The molecule has 1 fully saturated rings. The molecule has 1 aliphatic rings. The van der Waals surface area contributed by atoms with Crippen molar-refractivity contribution >= 4 is 18.3 Å². The zero-order chi connectivity index (χ0) is 11.1. The fourth-order valence-electron chi connectivity index (χ4n) is 1.85. The maximum absolute atomic E-state index is 12.0. The van der Waals surface area contributed by atoms with Gasteiger partial charge in [-0.1, -0.05) is 13.3 Å². The molecule has 5 heteroatoms. The van der Waals surface area contributed by atoms with Crippen LogP contribution in [0.3, 0.4) is 0 Å². The first-order valence-corrected chi connectivity index (χ1v) is 5.81. The molecule has 1 rings (SSSR count). The summed E-state index contributed by atoms with van der Waals surface area (Å²) < 4.78 is 5.27. The van der Waals surface area contributed by atoms with Gasteiger partial charge in [0.1, 0.15) is 0 Å². The number of carbonyl (C=O) groups is 1. The number of unbranched alkanes of at least 4 members (excludes halogenated alkanes) is 1. The van der Waals surface area contributed by atoms with E-state index in [0.29, 0.717) is 19.8 Å². The first-order valence-electron chi connectivity index (χ1n) is 5.81. The normalized spacial score (nSPS) is 18.6. The molecule has 1 heterocycles. The predicted molar refractivity (Wildman–Crippen MR) is 66.7 cm³/mol. The smallest absolute Gasteiger partial charge is 0.227 e. The summed E-state index contributed by atoms with van der Waals surface area (Å²) in [6.07, 6.45) is 3.63. The molecule has 1 aliphatic heterocycles. The second-order valence-corrected chi connectivity index (χ2v) is 4.21. The summed E-state index contributed by atoms with van der Waals surface area (Å²) >= 11 is 0. The van der Waals surface area contributed by atoms with Gasteiger partial charge in [0.25, 0.3) is 0 Å². The van der Waals surface area contributed by atoms with Crippen LogP contribution in [0.1, 0.15) is 32.6 Å². The van der Waals surface area contributed by atoms with Gasteiger partial charge in [-0.3, -0.25) is 4.79 Å². The zero-order valence-corrected chi connectivity index (χ0v) is 10.8. The van der Waals surface area contributed by atoms with Crippen molar-refractivity contribution in [2.24, 2.45) is 11.1 Å². The summed E-state index contributed by atoms with van der Waals surface area (Å²) in [6, 6.07) is 0. The maximum atomic E-state index is 12.0. The van der Waals surface area contributed by atoms with Crippen molar-refractivity contribution in [3.8, 4) is 0 Å². The lowest BCUT2D eigenvalue weighted by Crippen LogP contribution is -2.49. The Morgan fingerprint density at radius 3 is 2.56 bits per heavy atom. The summed E-state index contributed by atoms with van der Waals surface area (Å²) in [7, 11) is 0. The number of nitrogens with one attached hydrogen (secondary N) is 1. The second kappa shape index (κ2) is 7.87. The number of amides is 1. The van der Waals surface area contributed by atoms with Gasteiger partial charge in [0.15, 0.2) is 0 Å². The molecule has 0 aromatic carbocycles. The van der Waals surface area contributed by atoms with Gasteiger partial charge in [-0.25, -0.2) is 0 Å². The van der Waals surface area contributed by atoms with E-state index in [-0.39, 0.29) is 23.7 Å². The van der Waals surface area contributed by atoms with Crippen molar-refractivity contribution < 1.29 is 9.53 Å². The van der Waals surface area contributed by atoms with Crippen molar-refractivity contribution in [3.63, 3.8) is 0 Å². The molecule has 0 bridgehead atoms. The van der Waals surface area contributed by atoms with Crippen LogP contribution in [-0.4, -0.2) is 32.2 Å². The molecule has 1 amide bonds. The molecule has 0 unspecified atom stereocenters. The molecule has 16 heavy (non-hydrogen) atoms. The molecule has 0 saturated carbocycles. The average Bonchev–Trinajstić information content (AvgIpc) is 2.30. The van der Waals surface area contributed by atoms with Crippen LogP contribution in [-0.2, 0) is 9.53 Å². The fraction of sp³-hybridized carbons (Fsp3) is 0.909. The number of ether oxygens (including phenoxy) is 1. The van der Waals surface area contributed by atoms with E-state index < -0.39 is 0 Å². The molecule has 0 aliphatic carbocycles. The van der Waals surface area contributed by atoms with E-state index >= 15 is 0 Å². The van der Waals surface area contributed by atoms with Crippen LogP contribution in [0.4, 0.5) is 0 Å². The van der Waals surface area contributed by atoms with E-state index in [1.807, 2.05) is 0 Å². The number of halogens is 1. The highest BCUT2D eigenvalue weighted by atomic mass is 35.5. The largest absolute Gasteiger partial charge is 0.381 e. The minimum Gasteiger partial charge on any atom is -0.381 e. The average molecular weight is 251 g/mol. The standard InChI is InChI=1S/C11H22N2O2.ClH/c1-2-3-6-13-10(14)11(9-12)4-7-15-8-5-11;/h2-9,12H2,1H3,(H,13,14);1H. The lowest BCUT2D eigenvalue weighted by atomic mass is 9.79. The van der Waals surface area contributed by atoms with Crippen LogP contribution in [0.25, 0.3) is 0 Å². The number of hydrogen-bond acceptors (Lipinski definition) is 3. The fourth-order valence-corrected chi connectivity index (χ4v) is 1.85. The van der Waals surface area contributed by atoms with Crippen molar-refractivity contribution in [2.45, 2.75) is 32.6 Å². The van der Waals surface area contributed by atoms with Gasteiger partial charge >= 0.3 is 0 Å². The first kappa shape index (κ1) is 15.7. The van der Waals surface area contributed by atoms with Crippen LogP contribution in [0, 0.1) is 5.41 Å². The van der Waals surface area contributed by atoms with Crippen LogP contribution in [0.5, 0.6) is 0 Å². The first-order chi connectivity index (χ1) is 7.25. The Labute approximate surface area is 104 Å².